The number of halogens is 3. The quantitative estimate of drug-likeness (QED) is 0.522. The van der Waals surface area contributed by atoms with E-state index in [0.29, 0.717) is 41.6 Å². The number of nitrogens with zero attached hydrogens (tertiary/aromatic N) is 5. The summed E-state index contributed by atoms with van der Waals surface area (Å²) in [6.07, 6.45) is 0.974. The molecule has 0 spiro atoms. The van der Waals surface area contributed by atoms with Crippen molar-refractivity contribution >= 4 is 49.5 Å². The summed E-state index contributed by atoms with van der Waals surface area (Å²) in [5.74, 6) is 0.372. The topological polar surface area (TPSA) is 84.7 Å². The standard InChI is InChI=1S/C18H19BrF2N6O2S2/c1-18(2-3-18)25-31(28)10-8-11(26-4-6-29-7-5-26)12-13(19)22-15(27(12)9-10)17-24-23-16(30-17)14(20)21/h8-9,14,25H,2-7H2,1H3. The van der Waals surface area contributed by atoms with E-state index in [1.165, 1.54) is 0 Å². The highest BCUT2D eigenvalue weighted by Gasteiger charge is 2.39. The summed E-state index contributed by atoms with van der Waals surface area (Å²) in [4.78, 5) is 7.27. The van der Waals surface area contributed by atoms with E-state index in [1.54, 1.807) is 10.6 Å². The number of aromatic nitrogens is 4. The molecule has 0 bridgehead atoms. The van der Waals surface area contributed by atoms with Crippen LogP contribution >= 0.6 is 27.3 Å². The van der Waals surface area contributed by atoms with E-state index in [9.17, 15) is 13.0 Å². The first-order valence-electron chi connectivity index (χ1n) is 9.70. The number of ether oxygens (including phenoxy) is 1. The number of morpholine rings is 1. The van der Waals surface area contributed by atoms with Crippen LogP contribution in [0.2, 0.25) is 0 Å². The van der Waals surface area contributed by atoms with Gasteiger partial charge in [-0.3, -0.25) is 4.40 Å². The number of nitrogens with one attached hydrogen (secondary N) is 1. The van der Waals surface area contributed by atoms with Crippen LogP contribution in [0.3, 0.4) is 0 Å². The SMILES string of the molecule is CC1(NS(=O)c2cc(N3CCOCC3)c3c(Br)nc(-c4nnc(C(F)F)s4)n3c2)CC1. The molecule has 0 radical (unpaired) electrons. The number of rotatable bonds is 6. The number of alkyl halides is 2. The molecule has 1 N–H and O–H groups in total. The van der Waals surface area contributed by atoms with Gasteiger partial charge in [-0.15, -0.1) is 10.2 Å². The van der Waals surface area contributed by atoms with Gasteiger partial charge in [0, 0.05) is 24.8 Å². The maximum atomic E-state index is 13.1. The molecule has 1 aliphatic heterocycles. The van der Waals surface area contributed by atoms with Crippen molar-refractivity contribution in [1.29, 1.82) is 0 Å². The molecule has 0 aromatic carbocycles. The molecule has 0 amide bonds. The summed E-state index contributed by atoms with van der Waals surface area (Å²) in [6.45, 7) is 4.57. The highest BCUT2D eigenvalue weighted by Crippen LogP contribution is 2.38. The molecule has 5 rings (SSSR count). The molecule has 1 saturated heterocycles. The number of hydrogen-bond acceptors (Lipinski definition) is 7. The Morgan fingerprint density at radius 2 is 2.06 bits per heavy atom. The molecular weight excluding hydrogens is 514 g/mol. The largest absolute Gasteiger partial charge is 0.378 e. The molecule has 3 aromatic heterocycles. The Bertz CT molecular complexity index is 1160. The zero-order chi connectivity index (χ0) is 21.8. The summed E-state index contributed by atoms with van der Waals surface area (Å²) < 4.78 is 50.2. The van der Waals surface area contributed by atoms with Gasteiger partial charge in [-0.1, -0.05) is 11.3 Å². The Morgan fingerprint density at radius 1 is 1.32 bits per heavy atom. The van der Waals surface area contributed by atoms with E-state index in [-0.39, 0.29) is 15.6 Å². The van der Waals surface area contributed by atoms with E-state index in [1.807, 2.05) is 13.0 Å². The molecule has 31 heavy (non-hydrogen) atoms. The van der Waals surface area contributed by atoms with E-state index in [4.69, 9.17) is 4.74 Å². The summed E-state index contributed by atoms with van der Waals surface area (Å²) in [6, 6.07) is 1.90. The first kappa shape index (κ1) is 21.3. The first-order chi connectivity index (χ1) is 14.8. The van der Waals surface area contributed by atoms with Crippen molar-refractivity contribution in [2.24, 2.45) is 0 Å². The molecule has 1 unspecified atom stereocenters. The molecule has 1 atom stereocenters. The van der Waals surface area contributed by atoms with E-state index in [0.717, 1.165) is 35.4 Å². The van der Waals surface area contributed by atoms with Crippen LogP contribution in [0.25, 0.3) is 16.3 Å². The van der Waals surface area contributed by atoms with E-state index >= 15 is 0 Å². The lowest BCUT2D eigenvalue weighted by Gasteiger charge is -2.30. The smallest absolute Gasteiger partial charge is 0.291 e. The lowest BCUT2D eigenvalue weighted by atomic mass is 10.3. The molecule has 8 nitrogen and oxygen atoms in total. The van der Waals surface area contributed by atoms with Crippen molar-refractivity contribution in [1.82, 2.24) is 24.3 Å². The summed E-state index contributed by atoms with van der Waals surface area (Å²) in [5.41, 5.74) is 1.48. The Hall–Kier alpha value is -1.54. The molecular formula is C18H19BrF2N6O2S2. The predicted octanol–water partition coefficient (Wildman–Crippen LogP) is 3.55. The van der Waals surface area contributed by atoms with Gasteiger partial charge in [-0.2, -0.15) is 0 Å². The lowest BCUT2D eigenvalue weighted by molar-refractivity contribution is 0.123. The Labute approximate surface area is 191 Å². The van der Waals surface area contributed by atoms with Crippen LogP contribution in [0, 0.1) is 0 Å². The maximum Gasteiger partial charge on any atom is 0.291 e. The molecule has 2 aliphatic rings. The predicted molar refractivity (Wildman–Crippen MR) is 117 cm³/mol. The highest BCUT2D eigenvalue weighted by molar-refractivity contribution is 9.10. The van der Waals surface area contributed by atoms with Crippen LogP contribution in [0.4, 0.5) is 14.5 Å². The van der Waals surface area contributed by atoms with Crippen LogP contribution in [0.5, 0.6) is 0 Å². The van der Waals surface area contributed by atoms with Crippen molar-refractivity contribution in [2.45, 2.75) is 36.6 Å². The normalized spacial score (nSPS) is 19.3. The number of fused-ring (bicyclic) bond motifs is 1. The molecule has 3 aromatic rings. The average molecular weight is 533 g/mol. The first-order valence-corrected chi connectivity index (χ1v) is 12.5. The Kier molecular flexibility index (Phi) is 5.57. The van der Waals surface area contributed by atoms with Crippen LogP contribution in [0.15, 0.2) is 21.8 Å². The zero-order valence-corrected chi connectivity index (χ0v) is 19.7. The van der Waals surface area contributed by atoms with Gasteiger partial charge in [0.05, 0.1) is 23.8 Å². The van der Waals surface area contributed by atoms with Crippen molar-refractivity contribution < 1.29 is 17.7 Å². The van der Waals surface area contributed by atoms with E-state index < -0.39 is 17.4 Å². The fourth-order valence-electron chi connectivity index (χ4n) is 3.41. The Balaban J connectivity index is 1.66. The van der Waals surface area contributed by atoms with Gasteiger partial charge in [0.25, 0.3) is 6.43 Å². The minimum Gasteiger partial charge on any atom is -0.378 e. The fourth-order valence-corrected chi connectivity index (χ4v) is 5.85. The molecule has 2 fully saturated rings. The van der Waals surface area contributed by atoms with E-state index in [2.05, 4.69) is 40.7 Å². The second-order valence-corrected chi connectivity index (χ2v) is 10.8. The fraction of sp³-hybridized carbons (Fsp3) is 0.500. The number of imidazole rings is 1. The average Bonchev–Trinajstić information content (AvgIpc) is 3.15. The molecule has 166 valence electrons. The Morgan fingerprint density at radius 3 is 2.71 bits per heavy atom. The third-order valence-electron chi connectivity index (χ3n) is 5.37. The maximum absolute atomic E-state index is 13.1. The lowest BCUT2D eigenvalue weighted by Crippen LogP contribution is -2.36. The van der Waals surface area contributed by atoms with Crippen molar-refractivity contribution in [3.8, 4) is 10.8 Å². The minimum atomic E-state index is -2.70. The number of anilines is 1. The van der Waals surface area contributed by atoms with Gasteiger partial charge in [0.1, 0.15) is 21.1 Å². The van der Waals surface area contributed by atoms with Crippen molar-refractivity contribution in [3.63, 3.8) is 0 Å². The van der Waals surface area contributed by atoms with Gasteiger partial charge in [-0.05, 0) is 41.8 Å². The zero-order valence-electron chi connectivity index (χ0n) is 16.5. The van der Waals surface area contributed by atoms with Gasteiger partial charge in [-0.25, -0.2) is 22.7 Å². The molecule has 13 heteroatoms. The second-order valence-electron chi connectivity index (χ2n) is 7.78. The van der Waals surface area contributed by atoms with Gasteiger partial charge in [0.2, 0.25) is 0 Å². The molecule has 4 heterocycles. The van der Waals surface area contributed by atoms with Crippen LogP contribution in [-0.2, 0) is 15.7 Å². The monoisotopic (exact) mass is 532 g/mol. The van der Waals surface area contributed by atoms with Crippen LogP contribution in [0.1, 0.15) is 31.2 Å². The second kappa shape index (κ2) is 8.10. The molecule has 1 aliphatic carbocycles. The van der Waals surface area contributed by atoms with Gasteiger partial charge >= 0.3 is 0 Å². The summed E-state index contributed by atoms with van der Waals surface area (Å²) in [7, 11) is -1.44. The third kappa shape index (κ3) is 4.13. The van der Waals surface area contributed by atoms with Gasteiger partial charge in [0.15, 0.2) is 15.8 Å². The van der Waals surface area contributed by atoms with Crippen molar-refractivity contribution in [3.05, 3.63) is 21.9 Å². The minimum absolute atomic E-state index is 0.122. The summed E-state index contributed by atoms with van der Waals surface area (Å²) >= 11 is 4.31. The molecule has 1 saturated carbocycles. The summed E-state index contributed by atoms with van der Waals surface area (Å²) in [5, 5.41) is 7.41. The number of pyridine rings is 1. The van der Waals surface area contributed by atoms with Crippen LogP contribution < -0.4 is 9.62 Å². The van der Waals surface area contributed by atoms with Gasteiger partial charge < -0.3 is 9.64 Å². The third-order valence-corrected chi connectivity index (χ3v) is 8.18. The van der Waals surface area contributed by atoms with Crippen LogP contribution in [-0.4, -0.2) is 55.6 Å². The van der Waals surface area contributed by atoms with Crippen molar-refractivity contribution in [2.75, 3.05) is 31.2 Å². The number of hydrogen-bond donors (Lipinski definition) is 1. The highest BCUT2D eigenvalue weighted by atomic mass is 79.9.